The maximum absolute atomic E-state index is 13.3. The Morgan fingerprint density at radius 3 is 2.19 bits per heavy atom. The number of hydrogen-bond donors (Lipinski definition) is 0. The summed E-state index contributed by atoms with van der Waals surface area (Å²) in [6, 6.07) is 2.20. The zero-order valence-corrected chi connectivity index (χ0v) is 11.8. The van der Waals surface area contributed by atoms with Gasteiger partial charge in [0.05, 0.1) is 5.56 Å². The minimum atomic E-state index is -4.48. The van der Waals surface area contributed by atoms with Crippen molar-refractivity contribution in [2.45, 2.75) is 31.4 Å². The SMILES string of the molecule is Cl.FC(F)(F)c1cccnc1N1CCC2(CC1)CC2(F)F. The predicted molar refractivity (Wildman–Crippen MR) is 69.9 cm³/mol. The van der Waals surface area contributed by atoms with Crippen molar-refractivity contribution in [3.05, 3.63) is 23.9 Å². The quantitative estimate of drug-likeness (QED) is 0.720. The molecule has 0 unspecified atom stereocenters. The van der Waals surface area contributed by atoms with E-state index in [2.05, 4.69) is 4.98 Å². The molecule has 0 aromatic carbocycles. The lowest BCUT2D eigenvalue weighted by molar-refractivity contribution is -0.137. The molecule has 3 rings (SSSR count). The molecule has 2 aliphatic rings. The second-order valence-corrected chi connectivity index (χ2v) is 5.52. The van der Waals surface area contributed by atoms with Gasteiger partial charge in [-0.25, -0.2) is 13.8 Å². The third-order valence-electron chi connectivity index (χ3n) is 4.32. The molecule has 1 aliphatic heterocycles. The Bertz CT molecular complexity index is 524. The highest BCUT2D eigenvalue weighted by Crippen LogP contribution is 2.66. The Hall–Kier alpha value is -1.11. The summed E-state index contributed by atoms with van der Waals surface area (Å²) in [5.74, 6) is -2.80. The van der Waals surface area contributed by atoms with Crippen LogP contribution in [0.25, 0.3) is 0 Å². The minimum Gasteiger partial charge on any atom is -0.356 e. The number of pyridine rings is 1. The molecule has 1 aromatic heterocycles. The van der Waals surface area contributed by atoms with Gasteiger partial charge in [0.1, 0.15) is 5.82 Å². The van der Waals surface area contributed by atoms with E-state index in [0.717, 1.165) is 6.07 Å². The van der Waals surface area contributed by atoms with Crippen molar-refractivity contribution in [3.63, 3.8) is 0 Å². The maximum Gasteiger partial charge on any atom is 0.419 e. The van der Waals surface area contributed by atoms with Crippen LogP contribution in [0.15, 0.2) is 18.3 Å². The molecule has 2 nitrogen and oxygen atoms in total. The van der Waals surface area contributed by atoms with E-state index in [1.165, 1.54) is 17.2 Å². The van der Waals surface area contributed by atoms with Crippen molar-refractivity contribution >= 4 is 18.2 Å². The van der Waals surface area contributed by atoms with Crippen LogP contribution >= 0.6 is 12.4 Å². The third-order valence-corrected chi connectivity index (χ3v) is 4.32. The molecule has 2 heterocycles. The van der Waals surface area contributed by atoms with Gasteiger partial charge < -0.3 is 4.90 Å². The second-order valence-electron chi connectivity index (χ2n) is 5.52. The number of nitrogens with zero attached hydrogens (tertiary/aromatic N) is 2. The third kappa shape index (κ3) is 2.67. The molecule has 0 amide bonds. The Morgan fingerprint density at radius 2 is 1.71 bits per heavy atom. The first-order chi connectivity index (χ1) is 9.25. The van der Waals surface area contributed by atoms with Gasteiger partial charge in [-0.3, -0.25) is 0 Å². The smallest absolute Gasteiger partial charge is 0.356 e. The van der Waals surface area contributed by atoms with Crippen molar-refractivity contribution < 1.29 is 22.0 Å². The van der Waals surface area contributed by atoms with Crippen LogP contribution in [0, 0.1) is 5.41 Å². The summed E-state index contributed by atoms with van der Waals surface area (Å²) in [6.45, 7) is 0.380. The van der Waals surface area contributed by atoms with Crippen LogP contribution in [0.2, 0.25) is 0 Å². The summed E-state index contributed by atoms with van der Waals surface area (Å²) in [5.41, 5.74) is -1.78. The highest BCUT2D eigenvalue weighted by atomic mass is 35.5. The van der Waals surface area contributed by atoms with Crippen LogP contribution in [0.5, 0.6) is 0 Å². The van der Waals surface area contributed by atoms with E-state index in [1.807, 2.05) is 0 Å². The minimum absolute atomic E-state index is 0. The predicted octanol–water partition coefficient (Wildman–Crippen LogP) is 4.15. The molecule has 2 fully saturated rings. The molecule has 0 atom stereocenters. The number of aromatic nitrogens is 1. The molecule has 118 valence electrons. The van der Waals surface area contributed by atoms with Gasteiger partial charge in [-0.05, 0) is 25.0 Å². The number of alkyl halides is 5. The first kappa shape index (κ1) is 16.3. The summed E-state index contributed by atoms with van der Waals surface area (Å²) in [7, 11) is 0. The van der Waals surface area contributed by atoms with Crippen molar-refractivity contribution in [1.82, 2.24) is 4.98 Å². The normalized spacial score (nSPS) is 22.8. The van der Waals surface area contributed by atoms with E-state index in [9.17, 15) is 22.0 Å². The topological polar surface area (TPSA) is 16.1 Å². The molecular weight excluding hydrogens is 315 g/mol. The number of anilines is 1. The van der Waals surface area contributed by atoms with Gasteiger partial charge in [-0.2, -0.15) is 13.2 Å². The number of rotatable bonds is 1. The van der Waals surface area contributed by atoms with Crippen LogP contribution in [0.1, 0.15) is 24.8 Å². The van der Waals surface area contributed by atoms with Gasteiger partial charge in [0.15, 0.2) is 0 Å². The molecular formula is C13H14ClF5N2. The van der Waals surface area contributed by atoms with Crippen molar-refractivity contribution in [2.24, 2.45) is 5.41 Å². The Labute approximate surface area is 124 Å². The van der Waals surface area contributed by atoms with E-state index >= 15 is 0 Å². The fraction of sp³-hybridized carbons (Fsp3) is 0.615. The highest BCUT2D eigenvalue weighted by Gasteiger charge is 2.70. The molecule has 0 N–H and O–H groups in total. The van der Waals surface area contributed by atoms with Gasteiger partial charge in [-0.1, -0.05) is 0 Å². The second kappa shape index (κ2) is 4.97. The summed E-state index contributed by atoms with van der Waals surface area (Å²) in [6.07, 6.45) is -2.90. The van der Waals surface area contributed by atoms with E-state index in [1.54, 1.807) is 0 Å². The standard InChI is InChI=1S/C13H13F5N2.ClH/c14-12(15)8-11(12)3-6-20(7-4-11)10-9(13(16,17)18)2-1-5-19-10;/h1-2,5H,3-4,6-8H2;1H. The maximum atomic E-state index is 13.3. The van der Waals surface area contributed by atoms with Crippen LogP contribution < -0.4 is 4.90 Å². The number of hydrogen-bond acceptors (Lipinski definition) is 2. The van der Waals surface area contributed by atoms with Crippen LogP contribution in [-0.4, -0.2) is 24.0 Å². The summed E-state index contributed by atoms with van der Waals surface area (Å²) in [4.78, 5) is 5.25. The van der Waals surface area contributed by atoms with Gasteiger partial charge in [0.2, 0.25) is 0 Å². The van der Waals surface area contributed by atoms with E-state index < -0.39 is 23.1 Å². The molecule has 8 heteroatoms. The lowest BCUT2D eigenvalue weighted by Crippen LogP contribution is -2.38. The molecule has 1 spiro atoms. The Balaban J connectivity index is 0.00000161. The lowest BCUT2D eigenvalue weighted by Gasteiger charge is -2.34. The summed E-state index contributed by atoms with van der Waals surface area (Å²) >= 11 is 0. The molecule has 1 saturated heterocycles. The number of piperidine rings is 1. The summed E-state index contributed by atoms with van der Waals surface area (Å²) < 4.78 is 65.2. The Kier molecular flexibility index (Phi) is 3.85. The highest BCUT2D eigenvalue weighted by molar-refractivity contribution is 5.85. The van der Waals surface area contributed by atoms with Crippen molar-refractivity contribution in [2.75, 3.05) is 18.0 Å². The molecule has 0 radical (unpaired) electrons. The first-order valence-corrected chi connectivity index (χ1v) is 6.40. The van der Waals surface area contributed by atoms with Gasteiger partial charge >= 0.3 is 6.18 Å². The van der Waals surface area contributed by atoms with Crippen LogP contribution in [-0.2, 0) is 6.18 Å². The van der Waals surface area contributed by atoms with E-state index in [-0.39, 0.29) is 50.6 Å². The fourth-order valence-electron chi connectivity index (χ4n) is 2.94. The largest absolute Gasteiger partial charge is 0.419 e. The van der Waals surface area contributed by atoms with Crippen LogP contribution in [0.4, 0.5) is 27.8 Å². The zero-order valence-electron chi connectivity index (χ0n) is 11.0. The molecule has 1 aliphatic carbocycles. The molecule has 1 saturated carbocycles. The fourth-order valence-corrected chi connectivity index (χ4v) is 2.94. The van der Waals surface area contributed by atoms with Crippen molar-refractivity contribution in [1.29, 1.82) is 0 Å². The molecule has 1 aromatic rings. The zero-order chi connectivity index (χ0) is 14.6. The van der Waals surface area contributed by atoms with Gasteiger partial charge in [-0.15, -0.1) is 12.4 Å². The van der Waals surface area contributed by atoms with Crippen LogP contribution in [0.3, 0.4) is 0 Å². The lowest BCUT2D eigenvalue weighted by atomic mass is 9.92. The monoisotopic (exact) mass is 328 g/mol. The van der Waals surface area contributed by atoms with Gasteiger partial charge in [0.25, 0.3) is 5.92 Å². The first-order valence-electron chi connectivity index (χ1n) is 6.40. The number of halogens is 6. The Morgan fingerprint density at radius 1 is 1.14 bits per heavy atom. The summed E-state index contributed by atoms with van der Waals surface area (Å²) in [5, 5.41) is 0. The van der Waals surface area contributed by atoms with E-state index in [4.69, 9.17) is 0 Å². The molecule has 21 heavy (non-hydrogen) atoms. The average molecular weight is 329 g/mol. The average Bonchev–Trinajstić information content (AvgIpc) is 2.90. The van der Waals surface area contributed by atoms with Crippen molar-refractivity contribution in [3.8, 4) is 0 Å². The van der Waals surface area contributed by atoms with Gasteiger partial charge in [0, 0.05) is 31.1 Å². The molecule has 0 bridgehead atoms. The van der Waals surface area contributed by atoms with E-state index in [0.29, 0.717) is 0 Å².